The van der Waals surface area contributed by atoms with Crippen LogP contribution < -0.4 is 5.32 Å². The highest BCUT2D eigenvalue weighted by molar-refractivity contribution is 5.32. The summed E-state index contributed by atoms with van der Waals surface area (Å²) >= 11 is 0. The molecule has 3 heteroatoms. The molecule has 0 saturated carbocycles. The van der Waals surface area contributed by atoms with Crippen LogP contribution in [0.25, 0.3) is 0 Å². The van der Waals surface area contributed by atoms with Crippen LogP contribution in [0.3, 0.4) is 0 Å². The summed E-state index contributed by atoms with van der Waals surface area (Å²) in [6, 6.07) is 7.22. The molecule has 2 aromatic rings. The second-order valence-corrected chi connectivity index (χ2v) is 5.18. The van der Waals surface area contributed by atoms with Crippen molar-refractivity contribution in [3.05, 3.63) is 53.1 Å². The molecule has 2 atom stereocenters. The average Bonchev–Trinajstić information content (AvgIpc) is 2.89. The van der Waals surface area contributed by atoms with Crippen molar-refractivity contribution in [3.8, 4) is 0 Å². The quantitative estimate of drug-likeness (QED) is 0.854. The normalized spacial score (nSPS) is 14.3. The lowest BCUT2D eigenvalue weighted by Crippen LogP contribution is -2.25. The Bertz CT molecular complexity index is 517. The number of rotatable bonds is 5. The summed E-state index contributed by atoms with van der Waals surface area (Å²) in [5.74, 6) is 1.01. The molecule has 0 aliphatic rings. The van der Waals surface area contributed by atoms with Gasteiger partial charge in [0.15, 0.2) is 0 Å². The van der Waals surface area contributed by atoms with Gasteiger partial charge < -0.3 is 10.3 Å². The van der Waals surface area contributed by atoms with E-state index in [0.717, 1.165) is 12.2 Å². The molecule has 2 unspecified atom stereocenters. The first-order valence-corrected chi connectivity index (χ1v) is 6.94. The Morgan fingerprint density at radius 3 is 2.68 bits per heavy atom. The summed E-state index contributed by atoms with van der Waals surface area (Å²) < 4.78 is 0. The molecule has 1 heterocycles. The number of nitrogens with one attached hydrogen (secondary N) is 2. The van der Waals surface area contributed by atoms with Crippen molar-refractivity contribution in [3.63, 3.8) is 0 Å². The van der Waals surface area contributed by atoms with Crippen LogP contribution in [0.1, 0.15) is 54.9 Å². The Morgan fingerprint density at radius 1 is 1.32 bits per heavy atom. The molecule has 0 aliphatic heterocycles. The molecule has 0 radical (unpaired) electrons. The number of hydrogen-bond acceptors (Lipinski definition) is 2. The van der Waals surface area contributed by atoms with Crippen molar-refractivity contribution in [1.29, 1.82) is 0 Å². The van der Waals surface area contributed by atoms with Gasteiger partial charge >= 0.3 is 0 Å². The number of aryl methyl sites for hydroxylation is 2. The molecule has 0 saturated heterocycles. The molecule has 19 heavy (non-hydrogen) atoms. The minimum Gasteiger partial charge on any atom is -0.347 e. The summed E-state index contributed by atoms with van der Waals surface area (Å²) in [7, 11) is 0. The van der Waals surface area contributed by atoms with E-state index in [0.29, 0.717) is 6.04 Å². The fraction of sp³-hybridized carbons (Fsp3) is 0.438. The van der Waals surface area contributed by atoms with Gasteiger partial charge in [-0.2, -0.15) is 0 Å². The zero-order valence-electron chi connectivity index (χ0n) is 12.2. The zero-order valence-corrected chi connectivity index (χ0v) is 12.2. The van der Waals surface area contributed by atoms with E-state index in [1.54, 1.807) is 0 Å². The molecule has 0 aliphatic carbocycles. The third-order valence-corrected chi connectivity index (χ3v) is 3.60. The fourth-order valence-electron chi connectivity index (χ4n) is 2.56. The van der Waals surface area contributed by atoms with E-state index in [1.165, 1.54) is 16.7 Å². The molecule has 3 nitrogen and oxygen atoms in total. The summed E-state index contributed by atoms with van der Waals surface area (Å²) in [4.78, 5) is 7.55. The number of hydrogen-bond donors (Lipinski definition) is 2. The van der Waals surface area contributed by atoms with Crippen molar-refractivity contribution in [2.75, 3.05) is 0 Å². The highest BCUT2D eigenvalue weighted by Gasteiger charge is 2.16. The van der Waals surface area contributed by atoms with Crippen LogP contribution >= 0.6 is 0 Å². The number of benzene rings is 1. The molecule has 0 spiro atoms. The van der Waals surface area contributed by atoms with E-state index in [9.17, 15) is 0 Å². The minimum atomic E-state index is 0.269. The zero-order chi connectivity index (χ0) is 13.8. The van der Waals surface area contributed by atoms with Crippen LogP contribution in [0.15, 0.2) is 30.6 Å². The van der Waals surface area contributed by atoms with Gasteiger partial charge in [-0.05, 0) is 38.3 Å². The Morgan fingerprint density at radius 2 is 2.11 bits per heavy atom. The van der Waals surface area contributed by atoms with Crippen molar-refractivity contribution >= 4 is 0 Å². The SMILES string of the molecule is CCC(NC(C)c1ccc(C)cc1C)c1ncc[nH]1. The molecule has 2 N–H and O–H groups in total. The summed E-state index contributed by atoms with van der Waals surface area (Å²) in [5, 5.41) is 3.65. The maximum atomic E-state index is 4.35. The maximum Gasteiger partial charge on any atom is 0.123 e. The van der Waals surface area contributed by atoms with Gasteiger partial charge in [0.25, 0.3) is 0 Å². The van der Waals surface area contributed by atoms with E-state index in [2.05, 4.69) is 61.2 Å². The maximum absolute atomic E-state index is 4.35. The Labute approximate surface area is 115 Å². The molecular weight excluding hydrogens is 234 g/mol. The van der Waals surface area contributed by atoms with E-state index in [1.807, 2.05) is 12.4 Å². The summed E-state index contributed by atoms with van der Waals surface area (Å²) in [6.45, 7) is 8.69. The lowest BCUT2D eigenvalue weighted by atomic mass is 9.99. The van der Waals surface area contributed by atoms with Gasteiger partial charge in [-0.15, -0.1) is 0 Å². The van der Waals surface area contributed by atoms with Crippen LogP contribution in [0.5, 0.6) is 0 Å². The second-order valence-electron chi connectivity index (χ2n) is 5.18. The number of imidazole rings is 1. The van der Waals surface area contributed by atoms with E-state index in [-0.39, 0.29) is 6.04 Å². The van der Waals surface area contributed by atoms with Crippen molar-refractivity contribution < 1.29 is 0 Å². The fourth-order valence-corrected chi connectivity index (χ4v) is 2.56. The van der Waals surface area contributed by atoms with Gasteiger partial charge in [0.05, 0.1) is 6.04 Å². The van der Waals surface area contributed by atoms with Crippen LogP contribution in [0, 0.1) is 13.8 Å². The predicted molar refractivity (Wildman–Crippen MR) is 79.1 cm³/mol. The molecule has 2 rings (SSSR count). The molecular formula is C16H23N3. The smallest absolute Gasteiger partial charge is 0.123 e. The molecule has 102 valence electrons. The molecule has 1 aromatic heterocycles. The molecule has 0 bridgehead atoms. The molecule has 0 amide bonds. The van der Waals surface area contributed by atoms with Crippen molar-refractivity contribution in [2.24, 2.45) is 0 Å². The van der Waals surface area contributed by atoms with Gasteiger partial charge in [-0.3, -0.25) is 0 Å². The van der Waals surface area contributed by atoms with E-state index < -0.39 is 0 Å². The van der Waals surface area contributed by atoms with Crippen LogP contribution in [-0.4, -0.2) is 9.97 Å². The number of aromatic nitrogens is 2. The topological polar surface area (TPSA) is 40.7 Å². The van der Waals surface area contributed by atoms with Gasteiger partial charge in [0.1, 0.15) is 5.82 Å². The van der Waals surface area contributed by atoms with Crippen molar-refractivity contribution in [1.82, 2.24) is 15.3 Å². The molecule has 0 fully saturated rings. The number of nitrogens with zero attached hydrogens (tertiary/aromatic N) is 1. The predicted octanol–water partition coefficient (Wildman–Crippen LogP) is 3.83. The van der Waals surface area contributed by atoms with Gasteiger partial charge in [0.2, 0.25) is 0 Å². The van der Waals surface area contributed by atoms with Crippen molar-refractivity contribution in [2.45, 2.75) is 46.2 Å². The summed E-state index contributed by atoms with van der Waals surface area (Å²) in [5.41, 5.74) is 4.01. The lowest BCUT2D eigenvalue weighted by molar-refractivity contribution is 0.440. The highest BCUT2D eigenvalue weighted by atomic mass is 15.0. The van der Waals surface area contributed by atoms with Crippen LogP contribution in [-0.2, 0) is 0 Å². The lowest BCUT2D eigenvalue weighted by Gasteiger charge is -2.22. The number of H-pyrrole nitrogens is 1. The third kappa shape index (κ3) is 3.24. The van der Waals surface area contributed by atoms with Crippen LogP contribution in [0.4, 0.5) is 0 Å². The standard InChI is InChI=1S/C16H23N3/c1-5-15(16-17-8-9-18-16)19-13(4)14-7-6-11(2)10-12(14)3/h6-10,13,15,19H,5H2,1-4H3,(H,17,18). The number of aromatic amines is 1. The second kappa shape index (κ2) is 6.02. The first-order valence-electron chi connectivity index (χ1n) is 6.94. The van der Waals surface area contributed by atoms with Gasteiger partial charge in [-0.25, -0.2) is 4.98 Å². The Balaban J connectivity index is 2.13. The monoisotopic (exact) mass is 257 g/mol. The Hall–Kier alpha value is -1.61. The van der Waals surface area contributed by atoms with E-state index in [4.69, 9.17) is 0 Å². The largest absolute Gasteiger partial charge is 0.347 e. The average molecular weight is 257 g/mol. The van der Waals surface area contributed by atoms with Gasteiger partial charge in [-0.1, -0.05) is 30.7 Å². The Kier molecular flexibility index (Phi) is 4.38. The minimum absolute atomic E-state index is 0.269. The molecule has 1 aromatic carbocycles. The summed E-state index contributed by atoms with van der Waals surface area (Å²) in [6.07, 6.45) is 4.70. The first kappa shape index (κ1) is 13.8. The highest BCUT2D eigenvalue weighted by Crippen LogP contribution is 2.23. The van der Waals surface area contributed by atoms with Gasteiger partial charge in [0, 0.05) is 18.4 Å². The first-order chi connectivity index (χ1) is 9.11. The van der Waals surface area contributed by atoms with E-state index >= 15 is 0 Å². The van der Waals surface area contributed by atoms with Crippen LogP contribution in [0.2, 0.25) is 0 Å². The third-order valence-electron chi connectivity index (χ3n) is 3.60.